The summed E-state index contributed by atoms with van der Waals surface area (Å²) >= 11 is 0. The van der Waals surface area contributed by atoms with E-state index in [2.05, 4.69) is 25.8 Å². The van der Waals surface area contributed by atoms with Crippen LogP contribution in [0.15, 0.2) is 93.3 Å². The minimum absolute atomic E-state index is 0.153. The Labute approximate surface area is 170 Å². The largest absolute Gasteiger partial charge is 0.416 e. The molecule has 0 heterocycles. The molecule has 0 radical (unpaired) electrons. The Kier molecular flexibility index (Phi) is 6.31. The molecule has 0 saturated heterocycles. The highest BCUT2D eigenvalue weighted by Gasteiger charge is 2.29. The second-order valence-electron chi connectivity index (χ2n) is 6.19. The Morgan fingerprint density at radius 3 is 1.33 bits per heavy atom. The van der Waals surface area contributed by atoms with Crippen LogP contribution in [0.1, 0.15) is 12.5 Å². The van der Waals surface area contributed by atoms with Gasteiger partial charge in [0.2, 0.25) is 5.91 Å². The zero-order chi connectivity index (χ0) is 21.6. The zero-order valence-electron chi connectivity index (χ0n) is 15.8. The number of azo groups is 2. The zero-order valence-corrected chi connectivity index (χ0v) is 15.8. The first-order valence-corrected chi connectivity index (χ1v) is 8.78. The van der Waals surface area contributed by atoms with Crippen LogP contribution in [0.25, 0.3) is 0 Å². The van der Waals surface area contributed by atoms with Gasteiger partial charge in [-0.15, -0.1) is 0 Å². The lowest BCUT2D eigenvalue weighted by molar-refractivity contribution is -0.137. The molecular weight excluding hydrogens is 395 g/mol. The number of nitrogens with zero attached hydrogens (tertiary/aromatic N) is 4. The molecule has 9 heteroatoms. The van der Waals surface area contributed by atoms with E-state index in [0.717, 1.165) is 12.1 Å². The van der Waals surface area contributed by atoms with Gasteiger partial charge in [0, 0.05) is 12.6 Å². The van der Waals surface area contributed by atoms with Crippen molar-refractivity contribution in [2.24, 2.45) is 20.5 Å². The van der Waals surface area contributed by atoms with Crippen LogP contribution < -0.4 is 5.32 Å². The van der Waals surface area contributed by atoms with E-state index < -0.39 is 11.7 Å². The van der Waals surface area contributed by atoms with Crippen molar-refractivity contribution < 1.29 is 18.0 Å². The molecule has 1 amide bonds. The Bertz CT molecular complexity index is 1060. The molecule has 152 valence electrons. The summed E-state index contributed by atoms with van der Waals surface area (Å²) in [5.41, 5.74) is 1.98. The van der Waals surface area contributed by atoms with E-state index in [1.54, 1.807) is 48.5 Å². The fraction of sp³-hybridized carbons (Fsp3) is 0.0952. The van der Waals surface area contributed by atoms with E-state index >= 15 is 0 Å². The molecule has 0 aliphatic rings. The molecule has 0 bridgehead atoms. The number of hydrogen-bond acceptors (Lipinski definition) is 5. The summed E-state index contributed by atoms with van der Waals surface area (Å²) in [5.74, 6) is -0.153. The third-order valence-electron chi connectivity index (χ3n) is 3.79. The molecule has 1 N–H and O–H groups in total. The molecule has 0 atom stereocenters. The molecule has 3 aromatic carbocycles. The molecule has 0 spiro atoms. The van der Waals surface area contributed by atoms with Gasteiger partial charge >= 0.3 is 6.18 Å². The smallest absolute Gasteiger partial charge is 0.326 e. The van der Waals surface area contributed by atoms with Gasteiger partial charge in [0.05, 0.1) is 28.3 Å². The van der Waals surface area contributed by atoms with Crippen LogP contribution in [0.2, 0.25) is 0 Å². The molecule has 0 unspecified atom stereocenters. The molecular formula is C21H16F3N5O. The number of hydrogen-bond donors (Lipinski definition) is 1. The van der Waals surface area contributed by atoms with Crippen LogP contribution in [0, 0.1) is 0 Å². The molecule has 0 aliphatic heterocycles. The minimum atomic E-state index is -4.38. The number of nitrogens with one attached hydrogen (secondary N) is 1. The van der Waals surface area contributed by atoms with Crippen molar-refractivity contribution in [3.05, 3.63) is 78.4 Å². The number of rotatable bonds is 5. The normalized spacial score (nSPS) is 11.9. The van der Waals surface area contributed by atoms with Crippen molar-refractivity contribution in [3.8, 4) is 0 Å². The molecule has 0 aliphatic carbocycles. The third kappa shape index (κ3) is 6.06. The maximum atomic E-state index is 12.6. The monoisotopic (exact) mass is 411 g/mol. The van der Waals surface area contributed by atoms with Gasteiger partial charge in [-0.2, -0.15) is 33.6 Å². The highest BCUT2D eigenvalue weighted by molar-refractivity contribution is 5.88. The van der Waals surface area contributed by atoms with Crippen LogP contribution >= 0.6 is 0 Å². The predicted molar refractivity (Wildman–Crippen MR) is 107 cm³/mol. The lowest BCUT2D eigenvalue weighted by Crippen LogP contribution is -2.04. The molecule has 0 saturated carbocycles. The Morgan fingerprint density at radius 2 is 1.00 bits per heavy atom. The maximum absolute atomic E-state index is 12.6. The van der Waals surface area contributed by atoms with Crippen molar-refractivity contribution in [1.82, 2.24) is 0 Å². The number of anilines is 1. The fourth-order valence-electron chi connectivity index (χ4n) is 2.35. The standard InChI is InChI=1S/C21H16F3N5O/c1-14(30)25-16-6-8-18(9-7-16)27-29-20-12-10-19(11-13-20)28-26-17-4-2-15(3-5-17)21(22,23)24/h2-13H,1H3,(H,25,30). The number of halogens is 3. The van der Waals surface area contributed by atoms with Gasteiger partial charge in [-0.1, -0.05) is 0 Å². The van der Waals surface area contributed by atoms with Gasteiger partial charge in [0.1, 0.15) is 0 Å². The molecule has 0 fully saturated rings. The van der Waals surface area contributed by atoms with E-state index in [4.69, 9.17) is 0 Å². The van der Waals surface area contributed by atoms with E-state index in [1.807, 2.05) is 0 Å². The first-order chi connectivity index (χ1) is 14.3. The number of alkyl halides is 3. The predicted octanol–water partition coefficient (Wildman–Crippen LogP) is 7.49. The van der Waals surface area contributed by atoms with E-state index in [9.17, 15) is 18.0 Å². The highest BCUT2D eigenvalue weighted by atomic mass is 19.4. The number of carbonyl (C=O) groups is 1. The van der Waals surface area contributed by atoms with E-state index in [-0.39, 0.29) is 5.91 Å². The van der Waals surface area contributed by atoms with Crippen molar-refractivity contribution in [2.75, 3.05) is 5.32 Å². The second kappa shape index (κ2) is 9.08. The van der Waals surface area contributed by atoms with E-state index in [1.165, 1.54) is 19.1 Å². The van der Waals surface area contributed by atoms with Crippen molar-refractivity contribution >= 4 is 34.3 Å². The number of benzene rings is 3. The summed E-state index contributed by atoms with van der Waals surface area (Å²) in [6, 6.07) is 18.0. The van der Waals surface area contributed by atoms with Crippen LogP contribution in [-0.2, 0) is 11.0 Å². The lowest BCUT2D eigenvalue weighted by atomic mass is 10.2. The summed E-state index contributed by atoms with van der Waals surface area (Å²) in [6.07, 6.45) is -4.38. The third-order valence-corrected chi connectivity index (χ3v) is 3.79. The van der Waals surface area contributed by atoms with Gasteiger partial charge in [-0.25, -0.2) is 0 Å². The Balaban J connectivity index is 1.61. The Hall–Kier alpha value is -3.88. The molecule has 6 nitrogen and oxygen atoms in total. The van der Waals surface area contributed by atoms with Crippen LogP contribution in [-0.4, -0.2) is 5.91 Å². The first kappa shape index (κ1) is 20.8. The second-order valence-corrected chi connectivity index (χ2v) is 6.19. The maximum Gasteiger partial charge on any atom is 0.416 e. The van der Waals surface area contributed by atoms with Crippen LogP contribution in [0.3, 0.4) is 0 Å². The average Bonchev–Trinajstić information content (AvgIpc) is 2.72. The van der Waals surface area contributed by atoms with Crippen LogP contribution in [0.4, 0.5) is 41.6 Å². The van der Waals surface area contributed by atoms with Gasteiger partial charge in [-0.05, 0) is 72.8 Å². The number of carbonyl (C=O) groups excluding carboxylic acids is 1. The SMILES string of the molecule is CC(=O)Nc1ccc(N=Nc2ccc(N=Nc3ccc(C(F)(F)F)cc3)cc2)cc1. The Morgan fingerprint density at radius 1 is 0.667 bits per heavy atom. The molecule has 30 heavy (non-hydrogen) atoms. The summed E-state index contributed by atoms with van der Waals surface area (Å²) in [4.78, 5) is 11.0. The molecule has 3 rings (SSSR count). The summed E-state index contributed by atoms with van der Waals surface area (Å²) in [6.45, 7) is 1.43. The van der Waals surface area contributed by atoms with Gasteiger partial charge in [0.25, 0.3) is 0 Å². The molecule has 3 aromatic rings. The topological polar surface area (TPSA) is 78.5 Å². The summed E-state index contributed by atoms with van der Waals surface area (Å²) in [7, 11) is 0. The lowest BCUT2D eigenvalue weighted by Gasteiger charge is -2.05. The quantitative estimate of drug-likeness (QED) is 0.434. The van der Waals surface area contributed by atoms with Crippen molar-refractivity contribution in [3.63, 3.8) is 0 Å². The van der Waals surface area contributed by atoms with Gasteiger partial charge in [-0.3, -0.25) is 4.79 Å². The van der Waals surface area contributed by atoms with Crippen LogP contribution in [0.5, 0.6) is 0 Å². The van der Waals surface area contributed by atoms with E-state index in [0.29, 0.717) is 28.4 Å². The van der Waals surface area contributed by atoms with Crippen molar-refractivity contribution in [1.29, 1.82) is 0 Å². The van der Waals surface area contributed by atoms with Gasteiger partial charge < -0.3 is 5.32 Å². The minimum Gasteiger partial charge on any atom is -0.326 e. The highest BCUT2D eigenvalue weighted by Crippen LogP contribution is 2.31. The summed E-state index contributed by atoms with van der Waals surface area (Å²) in [5, 5.41) is 18.8. The van der Waals surface area contributed by atoms with Gasteiger partial charge in [0.15, 0.2) is 0 Å². The summed E-state index contributed by atoms with van der Waals surface area (Å²) < 4.78 is 37.7. The van der Waals surface area contributed by atoms with Crippen molar-refractivity contribution in [2.45, 2.75) is 13.1 Å². The molecule has 0 aromatic heterocycles. The number of amides is 1. The fourth-order valence-corrected chi connectivity index (χ4v) is 2.35. The first-order valence-electron chi connectivity index (χ1n) is 8.78. The average molecular weight is 411 g/mol.